The molecule has 0 saturated carbocycles. The van der Waals surface area contributed by atoms with Crippen LogP contribution in [0.2, 0.25) is 0 Å². The second-order valence-electron chi connectivity index (χ2n) is 3.60. The van der Waals surface area contributed by atoms with E-state index in [0.29, 0.717) is 5.13 Å². The molecule has 1 unspecified atom stereocenters. The Morgan fingerprint density at radius 1 is 1.56 bits per heavy atom. The Kier molecular flexibility index (Phi) is 3.12. The fourth-order valence-corrected chi connectivity index (χ4v) is 2.31. The van der Waals surface area contributed by atoms with Gasteiger partial charge < -0.3 is 5.32 Å². The maximum atomic E-state index is 11.4. The van der Waals surface area contributed by atoms with Crippen molar-refractivity contribution in [2.75, 3.05) is 5.32 Å². The molecule has 2 rings (SSSR count). The van der Waals surface area contributed by atoms with Gasteiger partial charge in [0.25, 0.3) is 0 Å². The van der Waals surface area contributed by atoms with Crippen LogP contribution in [0.1, 0.15) is 12.5 Å². The number of carbonyl (C=O) groups is 1. The van der Waals surface area contributed by atoms with Gasteiger partial charge in [-0.05, 0) is 31.5 Å². The van der Waals surface area contributed by atoms with Crippen LogP contribution in [0.4, 0.5) is 5.13 Å². The highest BCUT2D eigenvalue weighted by Gasteiger charge is 2.11. The number of aromatic nitrogens is 1. The largest absolute Gasteiger partial charge is 0.301 e. The number of aryl methyl sites for hydroxylation is 1. The second kappa shape index (κ2) is 4.39. The van der Waals surface area contributed by atoms with Gasteiger partial charge in [-0.25, -0.2) is 4.98 Å². The van der Waals surface area contributed by atoms with Crippen molar-refractivity contribution >= 4 is 44.2 Å². The summed E-state index contributed by atoms with van der Waals surface area (Å²) in [5.74, 6) is -0.225. The van der Waals surface area contributed by atoms with E-state index in [1.165, 1.54) is 16.9 Å². The van der Waals surface area contributed by atoms with E-state index in [2.05, 4.69) is 10.3 Å². The maximum Gasteiger partial charge on any atom is 0.243 e. The molecule has 5 heteroatoms. The third-order valence-electron chi connectivity index (χ3n) is 2.14. The van der Waals surface area contributed by atoms with Crippen molar-refractivity contribution in [3.05, 3.63) is 23.8 Å². The summed E-state index contributed by atoms with van der Waals surface area (Å²) in [7, 11) is 0. The highest BCUT2D eigenvalue weighted by Crippen LogP contribution is 2.26. The van der Waals surface area contributed by atoms with E-state index in [1.807, 2.05) is 25.1 Å². The van der Waals surface area contributed by atoms with Gasteiger partial charge in [0.2, 0.25) is 5.91 Å². The Hall–Kier alpha value is -1.13. The first-order chi connectivity index (χ1) is 7.56. The summed E-state index contributed by atoms with van der Waals surface area (Å²) in [5.41, 5.74) is 2.08. The normalized spacial score (nSPS) is 12.7. The van der Waals surface area contributed by atoms with Gasteiger partial charge in [-0.3, -0.25) is 4.79 Å². The minimum absolute atomic E-state index is 0.225. The monoisotopic (exact) mass is 254 g/mol. The Labute approximate surface area is 102 Å². The molecular formula is C11H11ClN2OS. The molecule has 0 radical (unpaired) electrons. The molecule has 16 heavy (non-hydrogen) atoms. The van der Waals surface area contributed by atoms with E-state index in [0.717, 1.165) is 10.2 Å². The van der Waals surface area contributed by atoms with E-state index in [4.69, 9.17) is 11.6 Å². The van der Waals surface area contributed by atoms with Crippen LogP contribution in [-0.4, -0.2) is 16.3 Å². The van der Waals surface area contributed by atoms with E-state index in [-0.39, 0.29) is 5.91 Å². The van der Waals surface area contributed by atoms with Crippen LogP contribution < -0.4 is 5.32 Å². The number of nitrogens with zero attached hydrogens (tertiary/aromatic N) is 1. The quantitative estimate of drug-likeness (QED) is 0.837. The summed E-state index contributed by atoms with van der Waals surface area (Å²) in [4.78, 5) is 15.7. The predicted octanol–water partition coefficient (Wildman–Crippen LogP) is 3.17. The van der Waals surface area contributed by atoms with E-state index < -0.39 is 5.38 Å². The summed E-state index contributed by atoms with van der Waals surface area (Å²) in [6.45, 7) is 3.66. The molecule has 0 fully saturated rings. The summed E-state index contributed by atoms with van der Waals surface area (Å²) < 4.78 is 1.07. The van der Waals surface area contributed by atoms with Crippen molar-refractivity contribution in [3.8, 4) is 0 Å². The van der Waals surface area contributed by atoms with Gasteiger partial charge in [0.05, 0.1) is 10.2 Å². The van der Waals surface area contributed by atoms with Crippen molar-refractivity contribution in [3.63, 3.8) is 0 Å². The van der Waals surface area contributed by atoms with Gasteiger partial charge in [-0.2, -0.15) is 0 Å². The zero-order valence-electron chi connectivity index (χ0n) is 8.95. The molecule has 1 N–H and O–H groups in total. The molecule has 0 saturated heterocycles. The highest BCUT2D eigenvalue weighted by atomic mass is 35.5. The van der Waals surface area contributed by atoms with Crippen LogP contribution in [0.5, 0.6) is 0 Å². The third kappa shape index (κ3) is 2.33. The Morgan fingerprint density at radius 2 is 2.31 bits per heavy atom. The van der Waals surface area contributed by atoms with E-state index in [1.54, 1.807) is 6.92 Å². The fourth-order valence-electron chi connectivity index (χ4n) is 1.29. The van der Waals surface area contributed by atoms with Gasteiger partial charge in [0.15, 0.2) is 5.13 Å². The first-order valence-electron chi connectivity index (χ1n) is 4.88. The molecule has 1 aromatic carbocycles. The van der Waals surface area contributed by atoms with E-state index >= 15 is 0 Å². The molecule has 0 aliphatic rings. The molecule has 3 nitrogen and oxygen atoms in total. The van der Waals surface area contributed by atoms with Gasteiger partial charge in [0, 0.05) is 0 Å². The summed E-state index contributed by atoms with van der Waals surface area (Å²) >= 11 is 7.12. The Balaban J connectivity index is 2.29. The number of thiazole rings is 1. The molecule has 0 aliphatic heterocycles. The fraction of sp³-hybridized carbons (Fsp3) is 0.273. The molecule has 1 heterocycles. The predicted molar refractivity (Wildman–Crippen MR) is 68.3 cm³/mol. The van der Waals surface area contributed by atoms with Crippen molar-refractivity contribution < 1.29 is 4.79 Å². The van der Waals surface area contributed by atoms with Crippen LogP contribution in [0, 0.1) is 6.92 Å². The van der Waals surface area contributed by atoms with Crippen LogP contribution >= 0.6 is 22.9 Å². The number of alkyl halides is 1. The van der Waals surface area contributed by atoms with Crippen LogP contribution in [0.3, 0.4) is 0 Å². The average molecular weight is 255 g/mol. The summed E-state index contributed by atoms with van der Waals surface area (Å²) in [5, 5.41) is 2.73. The molecule has 2 aromatic rings. The highest BCUT2D eigenvalue weighted by molar-refractivity contribution is 7.22. The smallest absolute Gasteiger partial charge is 0.243 e. The lowest BCUT2D eigenvalue weighted by Gasteiger charge is -2.01. The number of fused-ring (bicyclic) bond motifs is 1. The summed E-state index contributed by atoms with van der Waals surface area (Å²) in [6.07, 6.45) is 0. The Morgan fingerprint density at radius 3 is 3.00 bits per heavy atom. The standard InChI is InChI=1S/C11H11ClN2OS/c1-6-3-4-8-9(5-6)16-11(13-8)14-10(15)7(2)12/h3-5,7H,1-2H3,(H,13,14,15). The van der Waals surface area contributed by atoms with Crippen molar-refractivity contribution in [2.45, 2.75) is 19.2 Å². The second-order valence-corrected chi connectivity index (χ2v) is 5.28. The molecule has 1 aromatic heterocycles. The molecule has 0 bridgehead atoms. The number of anilines is 1. The molecule has 84 valence electrons. The van der Waals surface area contributed by atoms with Crippen LogP contribution in [0.25, 0.3) is 10.2 Å². The van der Waals surface area contributed by atoms with Crippen LogP contribution in [0.15, 0.2) is 18.2 Å². The molecule has 1 atom stereocenters. The minimum atomic E-state index is -0.547. The van der Waals surface area contributed by atoms with Crippen LogP contribution in [-0.2, 0) is 4.79 Å². The van der Waals surface area contributed by atoms with Gasteiger partial charge >= 0.3 is 0 Å². The maximum absolute atomic E-state index is 11.4. The van der Waals surface area contributed by atoms with Crippen molar-refractivity contribution in [1.29, 1.82) is 0 Å². The van der Waals surface area contributed by atoms with Crippen molar-refractivity contribution in [1.82, 2.24) is 4.98 Å². The molecule has 0 spiro atoms. The lowest BCUT2D eigenvalue weighted by Crippen LogP contribution is -2.19. The number of nitrogens with one attached hydrogen (secondary N) is 1. The number of hydrogen-bond acceptors (Lipinski definition) is 3. The number of carbonyl (C=O) groups excluding carboxylic acids is 1. The number of hydrogen-bond donors (Lipinski definition) is 1. The zero-order valence-corrected chi connectivity index (χ0v) is 10.5. The van der Waals surface area contributed by atoms with Crippen molar-refractivity contribution in [2.24, 2.45) is 0 Å². The first-order valence-corrected chi connectivity index (χ1v) is 6.13. The SMILES string of the molecule is Cc1ccc2nc(NC(=O)C(C)Cl)sc2c1. The number of halogens is 1. The number of benzene rings is 1. The Bertz CT molecular complexity index is 536. The number of rotatable bonds is 2. The van der Waals surface area contributed by atoms with Gasteiger partial charge in [-0.1, -0.05) is 17.4 Å². The van der Waals surface area contributed by atoms with Gasteiger partial charge in [0.1, 0.15) is 5.38 Å². The number of amides is 1. The van der Waals surface area contributed by atoms with Gasteiger partial charge in [-0.15, -0.1) is 11.6 Å². The topological polar surface area (TPSA) is 42.0 Å². The third-order valence-corrected chi connectivity index (χ3v) is 3.27. The average Bonchev–Trinajstić information content (AvgIpc) is 2.58. The zero-order chi connectivity index (χ0) is 11.7. The lowest BCUT2D eigenvalue weighted by atomic mass is 10.2. The molecular weight excluding hydrogens is 244 g/mol. The van der Waals surface area contributed by atoms with E-state index in [9.17, 15) is 4.79 Å². The first kappa shape index (κ1) is 11.4. The minimum Gasteiger partial charge on any atom is -0.301 e. The molecule has 1 amide bonds. The lowest BCUT2D eigenvalue weighted by molar-refractivity contribution is -0.115. The summed E-state index contributed by atoms with van der Waals surface area (Å²) in [6, 6.07) is 5.99. The molecule has 0 aliphatic carbocycles.